The number of H-pyrrole nitrogens is 1. The van der Waals surface area contributed by atoms with Crippen LogP contribution in [0.3, 0.4) is 0 Å². The third-order valence-corrected chi connectivity index (χ3v) is 5.30. The zero-order chi connectivity index (χ0) is 18.9. The van der Waals surface area contributed by atoms with E-state index in [2.05, 4.69) is 19.7 Å². The lowest BCUT2D eigenvalue weighted by atomic mass is 10.0. The second-order valence-corrected chi connectivity index (χ2v) is 7.52. The van der Waals surface area contributed by atoms with Crippen LogP contribution >= 0.6 is 0 Å². The van der Waals surface area contributed by atoms with E-state index in [0.717, 1.165) is 12.1 Å². The van der Waals surface area contributed by atoms with Gasteiger partial charge in [-0.1, -0.05) is 6.92 Å². The van der Waals surface area contributed by atoms with Crippen molar-refractivity contribution in [2.45, 2.75) is 19.4 Å². The molecular formula is C16H16F2N4O3S. The molecule has 1 atom stereocenters. The number of anilines is 1. The third kappa shape index (κ3) is 3.37. The quantitative estimate of drug-likeness (QED) is 0.607. The lowest BCUT2D eigenvalue weighted by Gasteiger charge is -2.16. The van der Waals surface area contributed by atoms with Crippen LogP contribution in [0.2, 0.25) is 0 Å². The van der Waals surface area contributed by atoms with Gasteiger partial charge >= 0.3 is 0 Å². The van der Waals surface area contributed by atoms with Crippen molar-refractivity contribution in [1.29, 1.82) is 0 Å². The van der Waals surface area contributed by atoms with Crippen molar-refractivity contribution in [3.05, 3.63) is 53.6 Å². The highest BCUT2D eigenvalue weighted by Crippen LogP contribution is 2.33. The van der Waals surface area contributed by atoms with Gasteiger partial charge in [0.25, 0.3) is 0 Å². The molecule has 1 unspecified atom stereocenters. The summed E-state index contributed by atoms with van der Waals surface area (Å²) in [6.45, 7) is 1.66. The second kappa shape index (κ2) is 6.96. The highest BCUT2D eigenvalue weighted by Gasteiger charge is 2.26. The van der Waals surface area contributed by atoms with E-state index in [4.69, 9.17) is 0 Å². The molecule has 0 aliphatic heterocycles. The van der Waals surface area contributed by atoms with Gasteiger partial charge in [-0.05, 0) is 18.6 Å². The van der Waals surface area contributed by atoms with Gasteiger partial charge < -0.3 is 10.1 Å². The smallest absolute Gasteiger partial charge is 0.232 e. The molecule has 0 amide bonds. The SMILES string of the molecule is CCCS(=O)(=O)Nc1ccc(F)c(C(O)c2c[nH]c3ncncc23)c1F. The topological polar surface area (TPSA) is 108 Å². The molecule has 0 fully saturated rings. The molecule has 138 valence electrons. The number of aliphatic hydroxyl groups is 1. The fraction of sp³-hybridized carbons (Fsp3) is 0.250. The summed E-state index contributed by atoms with van der Waals surface area (Å²) in [5.74, 6) is -2.38. The molecule has 3 N–H and O–H groups in total. The highest BCUT2D eigenvalue weighted by atomic mass is 32.2. The van der Waals surface area contributed by atoms with Crippen LogP contribution in [0, 0.1) is 11.6 Å². The van der Waals surface area contributed by atoms with Gasteiger partial charge in [0.1, 0.15) is 23.9 Å². The molecule has 10 heteroatoms. The Kier molecular flexibility index (Phi) is 4.88. The number of halogens is 2. The standard InChI is InChI=1S/C16H16F2N4O3S/c1-2-5-26(24,25)22-12-4-3-11(17)13(14(12)18)15(23)9-7-20-16-10(9)6-19-8-21-16/h3-4,6-8,15,22-23H,2,5H2,1H3,(H,19,20,21). The van der Waals surface area contributed by atoms with Gasteiger partial charge in [0.15, 0.2) is 5.82 Å². The maximum atomic E-state index is 14.8. The van der Waals surface area contributed by atoms with E-state index < -0.39 is 39.0 Å². The van der Waals surface area contributed by atoms with E-state index in [1.165, 1.54) is 18.7 Å². The molecule has 0 saturated carbocycles. The average molecular weight is 382 g/mol. The lowest BCUT2D eigenvalue weighted by Crippen LogP contribution is -2.18. The lowest BCUT2D eigenvalue weighted by molar-refractivity contribution is 0.211. The summed E-state index contributed by atoms with van der Waals surface area (Å²) in [5.41, 5.74) is -0.516. The number of benzene rings is 1. The number of fused-ring (bicyclic) bond motifs is 1. The van der Waals surface area contributed by atoms with Gasteiger partial charge in [0, 0.05) is 23.3 Å². The molecule has 26 heavy (non-hydrogen) atoms. The monoisotopic (exact) mass is 382 g/mol. The van der Waals surface area contributed by atoms with E-state index in [1.54, 1.807) is 6.92 Å². The molecule has 7 nitrogen and oxygen atoms in total. The first-order chi connectivity index (χ1) is 12.3. The largest absolute Gasteiger partial charge is 0.383 e. The summed E-state index contributed by atoms with van der Waals surface area (Å²) in [4.78, 5) is 10.6. The molecule has 0 spiro atoms. The van der Waals surface area contributed by atoms with Crippen LogP contribution in [0.25, 0.3) is 11.0 Å². The minimum atomic E-state index is -3.77. The number of nitrogens with zero attached hydrogens (tertiary/aromatic N) is 2. The van der Waals surface area contributed by atoms with Crippen LogP contribution in [-0.2, 0) is 10.0 Å². The highest BCUT2D eigenvalue weighted by molar-refractivity contribution is 7.92. The van der Waals surface area contributed by atoms with Gasteiger partial charge in [-0.15, -0.1) is 0 Å². The molecule has 3 aromatic rings. The van der Waals surface area contributed by atoms with E-state index in [1.807, 2.05) is 0 Å². The Bertz CT molecular complexity index is 1050. The second-order valence-electron chi connectivity index (χ2n) is 5.68. The van der Waals surface area contributed by atoms with E-state index in [-0.39, 0.29) is 11.3 Å². The first kappa shape index (κ1) is 18.2. The maximum absolute atomic E-state index is 14.8. The molecule has 2 heterocycles. The number of aromatic amines is 1. The van der Waals surface area contributed by atoms with Crippen LogP contribution in [0.15, 0.2) is 30.9 Å². The maximum Gasteiger partial charge on any atom is 0.232 e. The number of rotatable bonds is 6. The third-order valence-electron chi connectivity index (χ3n) is 3.82. The van der Waals surface area contributed by atoms with Crippen molar-refractivity contribution in [3.63, 3.8) is 0 Å². The number of hydrogen-bond donors (Lipinski definition) is 3. The number of nitrogens with one attached hydrogen (secondary N) is 2. The van der Waals surface area contributed by atoms with Crippen molar-refractivity contribution in [2.75, 3.05) is 10.5 Å². The summed E-state index contributed by atoms with van der Waals surface area (Å²) < 4.78 is 54.8. The van der Waals surface area contributed by atoms with Crippen LogP contribution in [0.1, 0.15) is 30.6 Å². The number of hydrogen-bond acceptors (Lipinski definition) is 5. The predicted octanol–water partition coefficient (Wildman–Crippen LogP) is 2.47. The van der Waals surface area contributed by atoms with Crippen molar-refractivity contribution >= 4 is 26.7 Å². The summed E-state index contributed by atoms with van der Waals surface area (Å²) >= 11 is 0. The molecule has 2 aromatic heterocycles. The predicted molar refractivity (Wildman–Crippen MR) is 92.0 cm³/mol. The number of aromatic nitrogens is 3. The Balaban J connectivity index is 2.06. The van der Waals surface area contributed by atoms with Gasteiger partial charge in [0.05, 0.1) is 17.0 Å². The summed E-state index contributed by atoms with van der Waals surface area (Å²) in [6, 6.07) is 1.88. The van der Waals surface area contributed by atoms with Crippen molar-refractivity contribution in [2.24, 2.45) is 0 Å². The summed E-state index contributed by atoms with van der Waals surface area (Å²) in [7, 11) is -3.77. The zero-order valence-electron chi connectivity index (χ0n) is 13.7. The van der Waals surface area contributed by atoms with Crippen LogP contribution in [0.5, 0.6) is 0 Å². The molecule has 3 rings (SSSR count). The zero-order valence-corrected chi connectivity index (χ0v) is 14.5. The van der Waals surface area contributed by atoms with E-state index in [9.17, 15) is 22.3 Å². The Morgan fingerprint density at radius 1 is 1.35 bits per heavy atom. The van der Waals surface area contributed by atoms with Gasteiger partial charge in [0.2, 0.25) is 10.0 Å². The Morgan fingerprint density at radius 3 is 2.85 bits per heavy atom. The van der Waals surface area contributed by atoms with Gasteiger partial charge in [-0.25, -0.2) is 27.2 Å². The molecule has 0 radical (unpaired) electrons. The summed E-state index contributed by atoms with van der Waals surface area (Å²) in [6.07, 6.45) is 2.73. The molecular weight excluding hydrogens is 366 g/mol. The minimum Gasteiger partial charge on any atom is -0.383 e. The average Bonchev–Trinajstić information content (AvgIpc) is 3.01. The van der Waals surface area contributed by atoms with E-state index in [0.29, 0.717) is 17.5 Å². The van der Waals surface area contributed by atoms with Crippen molar-refractivity contribution in [3.8, 4) is 0 Å². The number of aliphatic hydroxyl groups excluding tert-OH is 1. The Hall–Kier alpha value is -2.59. The molecule has 0 saturated heterocycles. The first-order valence-corrected chi connectivity index (χ1v) is 9.42. The van der Waals surface area contributed by atoms with Crippen molar-refractivity contribution < 1.29 is 22.3 Å². The van der Waals surface area contributed by atoms with E-state index >= 15 is 0 Å². The summed E-state index contributed by atoms with van der Waals surface area (Å²) in [5, 5.41) is 10.9. The Labute approximate surface area is 148 Å². The van der Waals surface area contributed by atoms with Crippen molar-refractivity contribution in [1.82, 2.24) is 15.0 Å². The molecule has 0 aliphatic carbocycles. The van der Waals surface area contributed by atoms with Crippen LogP contribution in [-0.4, -0.2) is 34.2 Å². The Morgan fingerprint density at radius 2 is 2.12 bits per heavy atom. The molecule has 1 aromatic carbocycles. The van der Waals surface area contributed by atoms with Gasteiger partial charge in [-0.3, -0.25) is 4.72 Å². The van der Waals surface area contributed by atoms with Crippen LogP contribution in [0.4, 0.5) is 14.5 Å². The molecule has 0 aliphatic rings. The normalized spacial score (nSPS) is 13.1. The first-order valence-electron chi connectivity index (χ1n) is 7.77. The fourth-order valence-corrected chi connectivity index (χ4v) is 3.78. The molecule has 0 bridgehead atoms. The van der Waals surface area contributed by atoms with Crippen LogP contribution < -0.4 is 4.72 Å². The van der Waals surface area contributed by atoms with Gasteiger partial charge in [-0.2, -0.15) is 0 Å². The fourth-order valence-electron chi connectivity index (χ4n) is 2.65. The minimum absolute atomic E-state index is 0.173. The number of sulfonamides is 1.